The van der Waals surface area contributed by atoms with E-state index in [-0.39, 0.29) is 0 Å². The minimum absolute atomic E-state index is 0.437. The quantitative estimate of drug-likeness (QED) is 0.904. The predicted octanol–water partition coefficient (Wildman–Crippen LogP) is 3.90. The van der Waals surface area contributed by atoms with Gasteiger partial charge in [-0.25, -0.2) is 0 Å². The van der Waals surface area contributed by atoms with Crippen molar-refractivity contribution in [1.82, 2.24) is 0 Å². The summed E-state index contributed by atoms with van der Waals surface area (Å²) in [6, 6.07) is 13.0. The molecule has 106 valence electrons. The molecule has 0 amide bonds. The van der Waals surface area contributed by atoms with Gasteiger partial charge < -0.3 is 5.73 Å². The SMILES string of the molecule is NCc1ccc(CS(=O)Cc2ccc(Cl)cc2)c(Cl)c1. The zero-order valence-corrected chi connectivity index (χ0v) is 13.1. The van der Waals surface area contributed by atoms with Crippen molar-refractivity contribution in [2.24, 2.45) is 5.73 Å². The lowest BCUT2D eigenvalue weighted by molar-refractivity contribution is 0.682. The van der Waals surface area contributed by atoms with Crippen molar-refractivity contribution in [3.8, 4) is 0 Å². The second-order valence-electron chi connectivity index (χ2n) is 4.48. The zero-order chi connectivity index (χ0) is 14.5. The van der Waals surface area contributed by atoms with Gasteiger partial charge in [0.1, 0.15) is 0 Å². The first-order chi connectivity index (χ1) is 9.58. The normalized spacial score (nSPS) is 12.3. The van der Waals surface area contributed by atoms with Crippen molar-refractivity contribution >= 4 is 34.0 Å². The predicted molar refractivity (Wildman–Crippen MR) is 86.3 cm³/mol. The molecule has 0 fully saturated rings. The Kier molecular flexibility index (Phi) is 5.61. The topological polar surface area (TPSA) is 43.1 Å². The molecule has 0 saturated carbocycles. The Bertz CT molecular complexity index is 614. The molecule has 2 aromatic rings. The van der Waals surface area contributed by atoms with Crippen molar-refractivity contribution in [2.75, 3.05) is 0 Å². The number of halogens is 2. The highest BCUT2D eigenvalue weighted by atomic mass is 35.5. The van der Waals surface area contributed by atoms with E-state index in [2.05, 4.69) is 0 Å². The van der Waals surface area contributed by atoms with Crippen LogP contribution in [0, 0.1) is 0 Å². The monoisotopic (exact) mass is 327 g/mol. The summed E-state index contributed by atoms with van der Waals surface area (Å²) in [4.78, 5) is 0. The number of nitrogens with two attached hydrogens (primary N) is 1. The third-order valence-electron chi connectivity index (χ3n) is 2.91. The van der Waals surface area contributed by atoms with Gasteiger partial charge in [-0.2, -0.15) is 0 Å². The Morgan fingerprint density at radius 3 is 2.20 bits per heavy atom. The van der Waals surface area contributed by atoms with Gasteiger partial charge in [-0.3, -0.25) is 4.21 Å². The number of rotatable bonds is 5. The zero-order valence-electron chi connectivity index (χ0n) is 10.8. The van der Waals surface area contributed by atoms with Crippen LogP contribution in [0.3, 0.4) is 0 Å². The third-order valence-corrected chi connectivity index (χ3v) is 4.80. The van der Waals surface area contributed by atoms with Gasteiger partial charge in [0.25, 0.3) is 0 Å². The van der Waals surface area contributed by atoms with Crippen molar-refractivity contribution in [3.05, 3.63) is 69.2 Å². The second kappa shape index (κ2) is 7.23. The average Bonchev–Trinajstić information content (AvgIpc) is 2.43. The summed E-state index contributed by atoms with van der Waals surface area (Å²) in [6.07, 6.45) is 0. The van der Waals surface area contributed by atoms with E-state index in [9.17, 15) is 4.21 Å². The van der Waals surface area contributed by atoms with Crippen LogP contribution in [0.1, 0.15) is 16.7 Å². The smallest absolute Gasteiger partial charge is 0.0503 e. The Labute approximate surface area is 131 Å². The minimum Gasteiger partial charge on any atom is -0.326 e. The van der Waals surface area contributed by atoms with Crippen LogP contribution in [0.15, 0.2) is 42.5 Å². The van der Waals surface area contributed by atoms with E-state index in [0.29, 0.717) is 28.1 Å². The lowest BCUT2D eigenvalue weighted by Crippen LogP contribution is -2.02. The van der Waals surface area contributed by atoms with E-state index in [1.165, 1.54) is 0 Å². The summed E-state index contributed by atoms with van der Waals surface area (Å²) >= 11 is 12.0. The number of benzene rings is 2. The van der Waals surface area contributed by atoms with Crippen LogP contribution < -0.4 is 5.73 Å². The molecule has 0 radical (unpaired) electrons. The van der Waals surface area contributed by atoms with Crippen molar-refractivity contribution in [1.29, 1.82) is 0 Å². The van der Waals surface area contributed by atoms with Crippen molar-refractivity contribution in [3.63, 3.8) is 0 Å². The molecule has 0 heterocycles. The fourth-order valence-corrected chi connectivity index (χ4v) is 3.57. The molecule has 1 atom stereocenters. The molecule has 20 heavy (non-hydrogen) atoms. The highest BCUT2D eigenvalue weighted by Crippen LogP contribution is 2.20. The number of hydrogen-bond donors (Lipinski definition) is 1. The van der Waals surface area contributed by atoms with Gasteiger partial charge in [-0.05, 0) is 34.9 Å². The molecule has 0 saturated heterocycles. The molecule has 0 spiro atoms. The van der Waals surface area contributed by atoms with E-state index < -0.39 is 10.8 Å². The van der Waals surface area contributed by atoms with Crippen LogP contribution in [0.25, 0.3) is 0 Å². The molecule has 1 unspecified atom stereocenters. The van der Waals surface area contributed by atoms with Crippen LogP contribution in [-0.4, -0.2) is 4.21 Å². The minimum atomic E-state index is -1.01. The van der Waals surface area contributed by atoms with Gasteiger partial charge in [-0.15, -0.1) is 0 Å². The molecular weight excluding hydrogens is 313 g/mol. The summed E-state index contributed by atoms with van der Waals surface area (Å²) in [5.74, 6) is 0.929. The van der Waals surface area contributed by atoms with Crippen LogP contribution in [-0.2, 0) is 28.9 Å². The van der Waals surface area contributed by atoms with Gasteiger partial charge in [0.05, 0.1) is 5.75 Å². The Morgan fingerprint density at radius 2 is 1.60 bits per heavy atom. The molecule has 0 aliphatic rings. The summed E-state index contributed by atoms with van der Waals surface area (Å²) in [5, 5.41) is 1.30. The fourth-order valence-electron chi connectivity index (χ4n) is 1.83. The van der Waals surface area contributed by atoms with E-state index in [1.54, 1.807) is 12.1 Å². The second-order valence-corrected chi connectivity index (χ2v) is 6.79. The van der Waals surface area contributed by atoms with Crippen molar-refractivity contribution < 1.29 is 4.21 Å². The van der Waals surface area contributed by atoms with Crippen LogP contribution in [0.2, 0.25) is 10.0 Å². The lowest BCUT2D eigenvalue weighted by atomic mass is 10.1. The summed E-state index contributed by atoms with van der Waals surface area (Å²) in [7, 11) is -1.01. The molecule has 2 rings (SSSR count). The van der Waals surface area contributed by atoms with Gasteiger partial charge >= 0.3 is 0 Å². The van der Waals surface area contributed by atoms with Crippen LogP contribution in [0.4, 0.5) is 0 Å². The first kappa shape index (κ1) is 15.5. The van der Waals surface area contributed by atoms with E-state index in [4.69, 9.17) is 28.9 Å². The Morgan fingerprint density at radius 1 is 0.950 bits per heavy atom. The van der Waals surface area contributed by atoms with Gasteiger partial charge in [0, 0.05) is 33.1 Å². The molecule has 5 heteroatoms. The van der Waals surface area contributed by atoms with Gasteiger partial charge in [0.2, 0.25) is 0 Å². The fraction of sp³-hybridized carbons (Fsp3) is 0.200. The van der Waals surface area contributed by atoms with Crippen LogP contribution >= 0.6 is 23.2 Å². The van der Waals surface area contributed by atoms with Crippen LogP contribution in [0.5, 0.6) is 0 Å². The maximum absolute atomic E-state index is 12.2. The summed E-state index contributed by atoms with van der Waals surface area (Å²) in [5.41, 5.74) is 8.42. The largest absolute Gasteiger partial charge is 0.326 e. The van der Waals surface area contributed by atoms with Crippen molar-refractivity contribution in [2.45, 2.75) is 18.1 Å². The highest BCUT2D eigenvalue weighted by molar-refractivity contribution is 7.83. The maximum Gasteiger partial charge on any atom is 0.0503 e. The average molecular weight is 328 g/mol. The maximum atomic E-state index is 12.2. The third kappa shape index (κ3) is 4.32. The molecule has 0 aromatic heterocycles. The summed E-state index contributed by atoms with van der Waals surface area (Å²) in [6.45, 7) is 0.452. The Balaban J connectivity index is 2.02. The standard InChI is InChI=1S/C15H15Cl2NOS/c16-14-5-2-11(3-6-14)9-20(19)10-13-4-1-12(8-18)7-15(13)17/h1-7H,8-10,18H2. The van der Waals surface area contributed by atoms with Gasteiger partial charge in [-0.1, -0.05) is 47.5 Å². The first-order valence-corrected chi connectivity index (χ1v) is 8.39. The lowest BCUT2D eigenvalue weighted by Gasteiger charge is -2.07. The van der Waals surface area contributed by atoms with E-state index in [1.807, 2.05) is 30.3 Å². The molecule has 0 aliphatic carbocycles. The van der Waals surface area contributed by atoms with Gasteiger partial charge in [0.15, 0.2) is 0 Å². The first-order valence-electron chi connectivity index (χ1n) is 6.15. The van der Waals surface area contributed by atoms with E-state index in [0.717, 1.165) is 16.7 Å². The molecule has 0 aliphatic heterocycles. The number of hydrogen-bond acceptors (Lipinski definition) is 2. The highest BCUT2D eigenvalue weighted by Gasteiger charge is 2.07. The molecule has 2 aromatic carbocycles. The molecule has 2 nitrogen and oxygen atoms in total. The van der Waals surface area contributed by atoms with E-state index >= 15 is 0 Å². The molecular formula is C15H15Cl2NOS. The molecule has 2 N–H and O–H groups in total. The Hall–Kier alpha value is -0.870. The summed E-state index contributed by atoms with van der Waals surface area (Å²) < 4.78 is 12.2. The molecule has 0 bridgehead atoms.